The first-order valence-electron chi connectivity index (χ1n) is 4.44. The summed E-state index contributed by atoms with van der Waals surface area (Å²) in [7, 11) is 0. The van der Waals surface area contributed by atoms with Crippen LogP contribution in [0.15, 0.2) is 0 Å². The summed E-state index contributed by atoms with van der Waals surface area (Å²) in [4.78, 5) is 22.8. The van der Waals surface area contributed by atoms with Crippen molar-refractivity contribution in [3.63, 3.8) is 0 Å². The third-order valence-corrected chi connectivity index (χ3v) is 3.23. The number of fused-ring (bicyclic) bond motifs is 1. The summed E-state index contributed by atoms with van der Waals surface area (Å²) < 4.78 is 0. The minimum atomic E-state index is -1.16. The monoisotopic (exact) mass is 183 g/mol. The fraction of sp³-hybridized carbons (Fsp3) is 0.750. The van der Waals surface area contributed by atoms with E-state index in [0.717, 1.165) is 12.8 Å². The third kappa shape index (κ3) is 0.831. The van der Waals surface area contributed by atoms with Gasteiger partial charge < -0.3 is 11.5 Å². The van der Waals surface area contributed by atoms with Gasteiger partial charge in [0.25, 0.3) is 0 Å². The molecule has 1 aliphatic carbocycles. The molecule has 2 amide bonds. The van der Waals surface area contributed by atoms with Gasteiger partial charge in [0, 0.05) is 0 Å². The first-order valence-corrected chi connectivity index (χ1v) is 4.44. The molecule has 0 bridgehead atoms. The van der Waals surface area contributed by atoms with Gasteiger partial charge >= 0.3 is 0 Å². The van der Waals surface area contributed by atoms with E-state index in [0.29, 0.717) is 12.8 Å². The molecular formula is C8H13N3O2. The van der Waals surface area contributed by atoms with Crippen molar-refractivity contribution in [2.24, 2.45) is 11.5 Å². The van der Waals surface area contributed by atoms with Gasteiger partial charge in [-0.25, -0.2) is 0 Å². The van der Waals surface area contributed by atoms with Crippen LogP contribution in [0.2, 0.25) is 0 Å². The predicted octanol–water partition coefficient (Wildman–Crippen LogP) is -1.39. The zero-order valence-corrected chi connectivity index (χ0v) is 7.30. The second-order valence-corrected chi connectivity index (χ2v) is 3.93. The van der Waals surface area contributed by atoms with Crippen molar-refractivity contribution in [2.75, 3.05) is 0 Å². The zero-order valence-electron chi connectivity index (χ0n) is 7.30. The number of carbonyl (C=O) groups is 2. The zero-order chi connectivity index (χ0) is 9.69. The van der Waals surface area contributed by atoms with Crippen LogP contribution in [-0.4, -0.2) is 22.9 Å². The molecule has 1 aliphatic heterocycles. The molecule has 1 saturated heterocycles. The average Bonchev–Trinajstić information content (AvgIpc) is 2.25. The maximum Gasteiger partial charge on any atom is 0.249 e. The van der Waals surface area contributed by atoms with Crippen LogP contribution in [0.5, 0.6) is 0 Å². The van der Waals surface area contributed by atoms with E-state index in [4.69, 9.17) is 11.5 Å². The summed E-state index contributed by atoms with van der Waals surface area (Å²) >= 11 is 0. The summed E-state index contributed by atoms with van der Waals surface area (Å²) in [5.74, 6) is -0.834. The summed E-state index contributed by atoms with van der Waals surface area (Å²) in [6.45, 7) is 0. The van der Waals surface area contributed by atoms with Gasteiger partial charge in [0.05, 0.1) is 0 Å². The smallest absolute Gasteiger partial charge is 0.249 e. The molecule has 5 N–H and O–H groups in total. The molecule has 0 aromatic carbocycles. The lowest BCUT2D eigenvalue weighted by molar-refractivity contribution is -0.126. The van der Waals surface area contributed by atoms with E-state index in [1.165, 1.54) is 0 Å². The van der Waals surface area contributed by atoms with Crippen LogP contribution in [0.3, 0.4) is 0 Å². The standard InChI is InChI=1S/C8H13N3O2/c9-7-3-1-2-4-8(7,10)6(13)11-5(7)12/h1-4,9-10H2,(H,11,12,13)/t7-,8+. The van der Waals surface area contributed by atoms with Gasteiger partial charge in [-0.05, 0) is 12.8 Å². The van der Waals surface area contributed by atoms with Gasteiger partial charge in [-0.1, -0.05) is 12.8 Å². The highest BCUT2D eigenvalue weighted by atomic mass is 16.2. The normalized spacial score (nSPS) is 44.5. The lowest BCUT2D eigenvalue weighted by Crippen LogP contribution is -2.69. The van der Waals surface area contributed by atoms with E-state index in [2.05, 4.69) is 5.32 Å². The lowest BCUT2D eigenvalue weighted by Gasteiger charge is -2.39. The minimum absolute atomic E-state index is 0.417. The largest absolute Gasteiger partial charge is 0.315 e. The lowest BCUT2D eigenvalue weighted by atomic mass is 9.69. The molecule has 1 heterocycles. The van der Waals surface area contributed by atoms with Crippen LogP contribution >= 0.6 is 0 Å². The van der Waals surface area contributed by atoms with Gasteiger partial charge in [-0.15, -0.1) is 0 Å². The number of nitrogens with two attached hydrogens (primary N) is 2. The Morgan fingerprint density at radius 3 is 1.77 bits per heavy atom. The Kier molecular flexibility index (Phi) is 1.53. The Balaban J connectivity index is 2.46. The van der Waals surface area contributed by atoms with Crippen LogP contribution in [0.25, 0.3) is 0 Å². The molecular weight excluding hydrogens is 170 g/mol. The van der Waals surface area contributed by atoms with Gasteiger partial charge in [0.2, 0.25) is 11.8 Å². The second-order valence-electron chi connectivity index (χ2n) is 3.93. The number of nitrogens with one attached hydrogen (secondary N) is 1. The molecule has 2 aliphatic rings. The van der Waals surface area contributed by atoms with Crippen molar-refractivity contribution in [1.82, 2.24) is 5.32 Å². The summed E-state index contributed by atoms with van der Waals surface area (Å²) in [6.07, 6.45) is 2.72. The maximum atomic E-state index is 11.4. The van der Waals surface area contributed by atoms with Crippen LogP contribution in [0.4, 0.5) is 0 Å². The fourth-order valence-corrected chi connectivity index (χ4v) is 2.21. The topological polar surface area (TPSA) is 98.2 Å². The van der Waals surface area contributed by atoms with Crippen molar-refractivity contribution < 1.29 is 9.59 Å². The molecule has 0 spiro atoms. The van der Waals surface area contributed by atoms with Crippen molar-refractivity contribution >= 4 is 11.8 Å². The van der Waals surface area contributed by atoms with Crippen molar-refractivity contribution in [3.05, 3.63) is 0 Å². The Hall–Kier alpha value is -0.940. The van der Waals surface area contributed by atoms with E-state index in [1.54, 1.807) is 0 Å². The number of rotatable bonds is 0. The highest BCUT2D eigenvalue weighted by Crippen LogP contribution is 2.37. The molecule has 1 saturated carbocycles. The van der Waals surface area contributed by atoms with Crippen LogP contribution in [0.1, 0.15) is 25.7 Å². The predicted molar refractivity (Wildman–Crippen MR) is 45.5 cm³/mol. The SMILES string of the molecule is N[C@@]12CCCC[C@]1(N)C(=O)NC2=O. The van der Waals surface area contributed by atoms with E-state index in [1.807, 2.05) is 0 Å². The molecule has 0 unspecified atom stereocenters. The maximum absolute atomic E-state index is 11.4. The van der Waals surface area contributed by atoms with E-state index in [-0.39, 0.29) is 0 Å². The van der Waals surface area contributed by atoms with E-state index >= 15 is 0 Å². The van der Waals surface area contributed by atoms with Crippen LogP contribution in [-0.2, 0) is 9.59 Å². The number of carbonyl (C=O) groups excluding carboxylic acids is 2. The Labute approximate surface area is 75.8 Å². The van der Waals surface area contributed by atoms with Gasteiger partial charge in [-0.3, -0.25) is 14.9 Å². The van der Waals surface area contributed by atoms with Crippen LogP contribution in [0, 0.1) is 0 Å². The van der Waals surface area contributed by atoms with Crippen LogP contribution < -0.4 is 16.8 Å². The summed E-state index contributed by atoms with van der Waals surface area (Å²) in [6, 6.07) is 0. The molecule has 0 radical (unpaired) electrons. The van der Waals surface area contributed by atoms with Crippen molar-refractivity contribution in [1.29, 1.82) is 0 Å². The summed E-state index contributed by atoms with van der Waals surface area (Å²) in [5, 5.41) is 2.21. The molecule has 72 valence electrons. The molecule has 2 atom stereocenters. The second kappa shape index (κ2) is 2.30. The number of imide groups is 1. The first-order chi connectivity index (χ1) is 6.01. The molecule has 0 aromatic rings. The Morgan fingerprint density at radius 1 is 1.00 bits per heavy atom. The highest BCUT2D eigenvalue weighted by molar-refractivity contribution is 6.14. The number of hydrogen-bond donors (Lipinski definition) is 3. The number of hydrogen-bond acceptors (Lipinski definition) is 4. The third-order valence-electron chi connectivity index (χ3n) is 3.23. The molecule has 0 aromatic heterocycles. The van der Waals surface area contributed by atoms with Crippen molar-refractivity contribution in [2.45, 2.75) is 36.8 Å². The van der Waals surface area contributed by atoms with E-state index in [9.17, 15) is 9.59 Å². The fourth-order valence-electron chi connectivity index (χ4n) is 2.21. The van der Waals surface area contributed by atoms with Gasteiger partial charge in [0.15, 0.2) is 0 Å². The quantitative estimate of drug-likeness (QED) is 0.403. The summed E-state index contributed by atoms with van der Waals surface area (Å²) in [5.41, 5.74) is 9.42. The van der Waals surface area contributed by atoms with Gasteiger partial charge in [0.1, 0.15) is 11.1 Å². The van der Waals surface area contributed by atoms with E-state index < -0.39 is 22.9 Å². The molecule has 2 rings (SSSR count). The highest BCUT2D eigenvalue weighted by Gasteiger charge is 2.62. The molecule has 2 fully saturated rings. The Bertz CT molecular complexity index is 263. The molecule has 13 heavy (non-hydrogen) atoms. The first kappa shape index (κ1) is 8.65. The molecule has 5 nitrogen and oxygen atoms in total. The van der Waals surface area contributed by atoms with Crippen molar-refractivity contribution in [3.8, 4) is 0 Å². The molecule has 5 heteroatoms. The average molecular weight is 183 g/mol. The number of amides is 2. The Morgan fingerprint density at radius 2 is 1.38 bits per heavy atom. The van der Waals surface area contributed by atoms with Gasteiger partial charge in [-0.2, -0.15) is 0 Å². The minimum Gasteiger partial charge on any atom is -0.315 e.